The number of benzene rings is 5. The van der Waals surface area contributed by atoms with Crippen LogP contribution in [0, 0.1) is 6.92 Å². The van der Waals surface area contributed by atoms with Gasteiger partial charge in [0.05, 0.1) is 0 Å². The van der Waals surface area contributed by atoms with Crippen molar-refractivity contribution in [3.8, 4) is 0 Å². The Balaban J connectivity index is 1.36. The Kier molecular flexibility index (Phi) is 7.33. The van der Waals surface area contributed by atoms with E-state index in [-0.39, 0.29) is 11.8 Å². The van der Waals surface area contributed by atoms with Crippen molar-refractivity contribution in [3.63, 3.8) is 0 Å². The van der Waals surface area contributed by atoms with Gasteiger partial charge in [-0.25, -0.2) is 0 Å². The Morgan fingerprint density at radius 1 is 0.649 bits per heavy atom. The fourth-order valence-corrected chi connectivity index (χ4v) is 5.15. The van der Waals surface area contributed by atoms with Crippen LogP contribution in [0.25, 0.3) is 10.8 Å². The summed E-state index contributed by atoms with van der Waals surface area (Å²) in [5, 5.41) is 7.78. The molecule has 5 heteroatoms. The molecule has 37 heavy (non-hydrogen) atoms. The number of anilines is 2. The minimum Gasteiger partial charge on any atom is -0.325 e. The lowest BCUT2D eigenvalue weighted by molar-refractivity contribution is -0.115. The summed E-state index contributed by atoms with van der Waals surface area (Å²) in [7, 11) is 0. The van der Waals surface area contributed by atoms with Gasteiger partial charge in [0, 0.05) is 21.8 Å². The number of aryl methyl sites for hydroxylation is 1. The lowest BCUT2D eigenvalue weighted by Gasteiger charge is -2.18. The zero-order valence-corrected chi connectivity index (χ0v) is 21.2. The highest BCUT2D eigenvalue weighted by molar-refractivity contribution is 8.00. The van der Waals surface area contributed by atoms with Crippen molar-refractivity contribution in [2.24, 2.45) is 0 Å². The first-order valence-corrected chi connectivity index (χ1v) is 12.9. The van der Waals surface area contributed by atoms with Crippen molar-refractivity contribution >= 4 is 45.7 Å². The zero-order chi connectivity index (χ0) is 25.6. The highest BCUT2D eigenvalue weighted by Gasteiger charge is 2.22. The van der Waals surface area contributed by atoms with E-state index in [2.05, 4.69) is 10.6 Å². The normalized spacial score (nSPS) is 11.6. The third kappa shape index (κ3) is 6.08. The first kappa shape index (κ1) is 24.3. The SMILES string of the molecule is Cc1ccc(C(=O)Nc2cccc(SC(C(=O)Nc3ccc4ccccc4c3)c3ccccc3)c2)cc1. The Bertz CT molecular complexity index is 1550. The van der Waals surface area contributed by atoms with E-state index in [1.165, 1.54) is 11.8 Å². The smallest absolute Gasteiger partial charge is 0.255 e. The fraction of sp³-hybridized carbons (Fsp3) is 0.0625. The molecule has 0 aliphatic rings. The molecule has 1 unspecified atom stereocenters. The molecule has 5 aromatic carbocycles. The van der Waals surface area contributed by atoms with Gasteiger partial charge < -0.3 is 10.6 Å². The maximum Gasteiger partial charge on any atom is 0.255 e. The highest BCUT2D eigenvalue weighted by Crippen LogP contribution is 2.37. The molecule has 0 heterocycles. The van der Waals surface area contributed by atoms with Gasteiger partial charge in [0.15, 0.2) is 0 Å². The van der Waals surface area contributed by atoms with E-state index in [1.54, 1.807) is 0 Å². The van der Waals surface area contributed by atoms with E-state index >= 15 is 0 Å². The summed E-state index contributed by atoms with van der Waals surface area (Å²) in [5.41, 5.74) is 4.03. The van der Waals surface area contributed by atoms with Gasteiger partial charge in [-0.05, 0) is 65.7 Å². The third-order valence-corrected chi connectivity index (χ3v) is 7.27. The number of thioether (sulfide) groups is 1. The monoisotopic (exact) mass is 502 g/mol. The van der Waals surface area contributed by atoms with Gasteiger partial charge in [-0.15, -0.1) is 11.8 Å². The summed E-state index contributed by atoms with van der Waals surface area (Å²) in [6.07, 6.45) is 0. The predicted octanol–water partition coefficient (Wildman–Crippen LogP) is 7.87. The number of fused-ring (bicyclic) bond motifs is 1. The van der Waals surface area contributed by atoms with Crippen LogP contribution in [0.3, 0.4) is 0 Å². The number of rotatable bonds is 7. The van der Waals surface area contributed by atoms with Crippen molar-refractivity contribution in [1.82, 2.24) is 0 Å². The summed E-state index contributed by atoms with van der Waals surface area (Å²) >= 11 is 1.45. The first-order valence-electron chi connectivity index (χ1n) is 12.0. The Labute approximate surface area is 220 Å². The number of amides is 2. The van der Waals surface area contributed by atoms with Crippen molar-refractivity contribution in [2.45, 2.75) is 17.1 Å². The molecule has 2 amide bonds. The van der Waals surface area contributed by atoms with Crippen LogP contribution in [0.2, 0.25) is 0 Å². The molecule has 4 nitrogen and oxygen atoms in total. The zero-order valence-electron chi connectivity index (χ0n) is 20.3. The lowest BCUT2D eigenvalue weighted by Crippen LogP contribution is -2.19. The average molecular weight is 503 g/mol. The van der Waals surface area contributed by atoms with Crippen molar-refractivity contribution in [3.05, 3.63) is 138 Å². The Morgan fingerprint density at radius 3 is 2.14 bits per heavy atom. The molecule has 0 bridgehead atoms. The van der Waals surface area contributed by atoms with Crippen LogP contribution in [0.4, 0.5) is 11.4 Å². The van der Waals surface area contributed by atoms with E-state index in [1.807, 2.05) is 128 Å². The largest absolute Gasteiger partial charge is 0.325 e. The third-order valence-electron chi connectivity index (χ3n) is 6.02. The Morgan fingerprint density at radius 2 is 1.35 bits per heavy atom. The van der Waals surface area contributed by atoms with Gasteiger partial charge in [-0.2, -0.15) is 0 Å². The molecule has 0 radical (unpaired) electrons. The molecule has 2 N–H and O–H groups in total. The summed E-state index contributed by atoms with van der Waals surface area (Å²) in [4.78, 5) is 27.1. The van der Waals surface area contributed by atoms with E-state index in [0.717, 1.165) is 32.5 Å². The first-order chi connectivity index (χ1) is 18.0. The van der Waals surface area contributed by atoms with Crippen molar-refractivity contribution in [2.75, 3.05) is 10.6 Å². The van der Waals surface area contributed by atoms with Crippen LogP contribution in [0.5, 0.6) is 0 Å². The van der Waals surface area contributed by atoms with Crippen LogP contribution in [-0.4, -0.2) is 11.8 Å². The number of nitrogens with one attached hydrogen (secondary N) is 2. The molecule has 0 aromatic heterocycles. The van der Waals surface area contributed by atoms with Gasteiger partial charge in [0.25, 0.3) is 5.91 Å². The van der Waals surface area contributed by atoms with E-state index < -0.39 is 5.25 Å². The maximum absolute atomic E-state index is 13.5. The van der Waals surface area contributed by atoms with Gasteiger partial charge in [-0.3, -0.25) is 9.59 Å². The average Bonchev–Trinajstić information content (AvgIpc) is 2.92. The molecular formula is C32H26N2O2S. The standard InChI is InChI=1S/C32H26N2O2S/c1-22-14-16-25(17-15-22)31(35)33-27-12-7-13-29(21-27)37-30(24-9-3-2-4-10-24)32(36)34-28-19-18-23-8-5-6-11-26(23)20-28/h2-21,30H,1H3,(H,33,35)(H,34,36). The van der Waals surface area contributed by atoms with E-state index in [9.17, 15) is 9.59 Å². The van der Waals surface area contributed by atoms with Gasteiger partial charge >= 0.3 is 0 Å². The summed E-state index contributed by atoms with van der Waals surface area (Å²) < 4.78 is 0. The number of hydrogen-bond donors (Lipinski definition) is 2. The van der Waals surface area contributed by atoms with Gasteiger partial charge in [0.2, 0.25) is 5.91 Å². The molecule has 0 saturated carbocycles. The minimum absolute atomic E-state index is 0.111. The van der Waals surface area contributed by atoms with Gasteiger partial charge in [-0.1, -0.05) is 84.4 Å². The molecule has 0 aliphatic carbocycles. The lowest BCUT2D eigenvalue weighted by atomic mass is 10.1. The van der Waals surface area contributed by atoms with Crippen molar-refractivity contribution in [1.29, 1.82) is 0 Å². The summed E-state index contributed by atoms with van der Waals surface area (Å²) in [6, 6.07) is 38.8. The van der Waals surface area contributed by atoms with Crippen LogP contribution in [0.15, 0.2) is 126 Å². The molecule has 1 atom stereocenters. The second-order valence-electron chi connectivity index (χ2n) is 8.81. The van der Waals surface area contributed by atoms with Crippen LogP contribution >= 0.6 is 11.8 Å². The molecule has 0 aliphatic heterocycles. The summed E-state index contributed by atoms with van der Waals surface area (Å²) in [6.45, 7) is 1.99. The van der Waals surface area contributed by atoms with Crippen molar-refractivity contribution < 1.29 is 9.59 Å². The number of carbonyl (C=O) groups excluding carboxylic acids is 2. The second-order valence-corrected chi connectivity index (χ2v) is 9.99. The van der Waals surface area contributed by atoms with E-state index in [0.29, 0.717) is 11.3 Å². The predicted molar refractivity (Wildman–Crippen MR) is 153 cm³/mol. The van der Waals surface area contributed by atoms with Crippen LogP contribution in [-0.2, 0) is 4.79 Å². The molecule has 5 aromatic rings. The summed E-state index contributed by atoms with van der Waals surface area (Å²) in [5.74, 6) is -0.281. The molecule has 0 saturated heterocycles. The van der Waals surface area contributed by atoms with Crippen LogP contribution < -0.4 is 10.6 Å². The second kappa shape index (κ2) is 11.1. The minimum atomic E-state index is -0.476. The number of carbonyl (C=O) groups is 2. The maximum atomic E-state index is 13.5. The molecule has 5 rings (SSSR count). The topological polar surface area (TPSA) is 58.2 Å². The Hall–Kier alpha value is -4.35. The van der Waals surface area contributed by atoms with Crippen LogP contribution in [0.1, 0.15) is 26.7 Å². The highest BCUT2D eigenvalue weighted by atomic mass is 32.2. The fourth-order valence-electron chi connectivity index (χ4n) is 4.07. The van der Waals surface area contributed by atoms with E-state index in [4.69, 9.17) is 0 Å². The molecule has 0 spiro atoms. The molecular weight excluding hydrogens is 476 g/mol. The quantitative estimate of drug-likeness (QED) is 0.223. The molecule has 0 fully saturated rings. The number of hydrogen-bond acceptors (Lipinski definition) is 3. The van der Waals surface area contributed by atoms with Gasteiger partial charge in [0.1, 0.15) is 5.25 Å². The molecule has 182 valence electrons.